The Bertz CT molecular complexity index is 490. The van der Waals surface area contributed by atoms with E-state index in [4.69, 9.17) is 66.2 Å². The van der Waals surface area contributed by atoms with Gasteiger partial charge in [-0.1, -0.05) is 154 Å². The molecule has 0 aromatic heterocycles. The minimum absolute atomic E-state index is 0. The van der Waals surface area contributed by atoms with E-state index in [-0.39, 0.29) is 23.9 Å². The van der Waals surface area contributed by atoms with Crippen LogP contribution in [0.1, 0.15) is 156 Å². The van der Waals surface area contributed by atoms with Crippen molar-refractivity contribution in [3.8, 4) is 0 Å². The van der Waals surface area contributed by atoms with Crippen LogP contribution in [-0.2, 0) is 66.2 Å². The van der Waals surface area contributed by atoms with E-state index in [9.17, 15) is 0 Å². The van der Waals surface area contributed by atoms with Gasteiger partial charge in [-0.3, -0.25) is 0 Å². The molecule has 4 nitrogen and oxygen atoms in total. The summed E-state index contributed by atoms with van der Waals surface area (Å²) < 4.78 is 22.2. The van der Waals surface area contributed by atoms with Crippen LogP contribution in [0, 0.1) is 0 Å². The number of hydrogen-bond donors (Lipinski definition) is 0. The summed E-state index contributed by atoms with van der Waals surface area (Å²) in [6.45, 7) is 11.5. The van der Waals surface area contributed by atoms with Gasteiger partial charge in [0, 0.05) is 0 Å². The molecule has 0 aromatic rings. The van der Waals surface area contributed by atoms with E-state index in [1.165, 1.54) is 103 Å². The van der Waals surface area contributed by atoms with Crippen molar-refractivity contribution in [3.05, 3.63) is 0 Å². The van der Waals surface area contributed by atoms with Crippen LogP contribution in [0.4, 0.5) is 0 Å². The molecule has 0 saturated heterocycles. The summed E-state index contributed by atoms with van der Waals surface area (Å²) in [5, 5.41) is 0. The van der Waals surface area contributed by atoms with E-state index in [1.807, 2.05) is 0 Å². The van der Waals surface area contributed by atoms with Gasteiger partial charge in [-0.2, -0.15) is 0 Å². The van der Waals surface area contributed by atoms with Gasteiger partial charge in [-0.05, 0) is 25.7 Å². The van der Waals surface area contributed by atoms with Crippen molar-refractivity contribution in [2.75, 3.05) is 26.4 Å². The Morgan fingerprint density at radius 1 is 0.385 bits per heavy atom. The van der Waals surface area contributed by atoms with Crippen LogP contribution in [0.2, 0.25) is 0 Å². The molecule has 0 rings (SSSR count). The molecule has 0 amide bonds. The molecule has 39 heavy (non-hydrogen) atoms. The van der Waals surface area contributed by atoms with Crippen molar-refractivity contribution in [2.24, 2.45) is 0 Å². The van der Waals surface area contributed by atoms with Crippen molar-refractivity contribution >= 4 is 83.4 Å². The zero-order valence-electron chi connectivity index (χ0n) is 25.6. The summed E-state index contributed by atoms with van der Waals surface area (Å²) >= 11 is 20.9. The molecule has 0 atom stereocenters. The molecule has 0 aromatic carbocycles. The summed E-state index contributed by atoms with van der Waals surface area (Å²) in [5.41, 5.74) is -4.77. The maximum atomic E-state index is 5.56. The molecule has 0 saturated carbocycles. The predicted octanol–water partition coefficient (Wildman–Crippen LogP) is 11.1. The standard InChI is InChI=1S/2C14H31O2PS2.Sn/c2*1-3-5-7-9-11-13-15-17(18,19)16-14-12-10-8-6-4-2;/h2*3-14H2,1-2H3,(H,18,19);/q;;+2/p-2. The maximum Gasteiger partial charge on any atom is 2.00 e. The first-order chi connectivity index (χ1) is 18.2. The Kier molecular flexibility index (Phi) is 41.5. The van der Waals surface area contributed by atoms with Crippen LogP contribution in [0.5, 0.6) is 0 Å². The number of hydrogen-bond acceptors (Lipinski definition) is 8. The molecule has 0 aliphatic rings. The quantitative estimate of drug-likeness (QED) is 0.0337. The molecule has 234 valence electrons. The predicted molar refractivity (Wildman–Crippen MR) is 188 cm³/mol. The number of rotatable bonds is 28. The van der Waals surface area contributed by atoms with Gasteiger partial charge in [0.05, 0.1) is 37.8 Å². The maximum absolute atomic E-state index is 5.56. The SMILES string of the molecule is CCCCCCCOP(=S)([S-])OCCCCCCC.CCCCCCCOP(=S)([S-])OCCCCCCC.[Sn+2]. The Hall–Kier alpha value is 2.64. The van der Waals surface area contributed by atoms with Gasteiger partial charge < -0.3 is 42.6 Å². The summed E-state index contributed by atoms with van der Waals surface area (Å²) in [6.07, 6.45) is 24.4. The average molecular weight is 770 g/mol. The zero-order chi connectivity index (χ0) is 28.8. The van der Waals surface area contributed by atoms with E-state index in [0.29, 0.717) is 26.4 Å². The minimum atomic E-state index is -2.39. The van der Waals surface area contributed by atoms with Crippen LogP contribution in [-0.4, -0.2) is 50.3 Å². The van der Waals surface area contributed by atoms with Crippen molar-refractivity contribution in [1.82, 2.24) is 0 Å². The molecule has 0 spiro atoms. The summed E-state index contributed by atoms with van der Waals surface area (Å²) in [7, 11) is 0. The van der Waals surface area contributed by atoms with Gasteiger partial charge in [-0.25, -0.2) is 0 Å². The number of unbranched alkanes of at least 4 members (excludes halogenated alkanes) is 16. The molecule has 0 heterocycles. The first-order valence-corrected chi connectivity index (χ1v) is 22.7. The minimum Gasteiger partial charge on any atom is -0.691 e. The fourth-order valence-electron chi connectivity index (χ4n) is 3.60. The molecule has 2 radical (unpaired) electrons. The van der Waals surface area contributed by atoms with E-state index in [2.05, 4.69) is 27.7 Å². The molecular formula is C28H60O4P2S4Sn. The van der Waals surface area contributed by atoms with Crippen LogP contribution in [0.3, 0.4) is 0 Å². The Morgan fingerprint density at radius 2 is 0.564 bits per heavy atom. The van der Waals surface area contributed by atoms with E-state index < -0.39 is 11.4 Å². The summed E-state index contributed by atoms with van der Waals surface area (Å²) in [6, 6.07) is 0. The molecule has 0 fully saturated rings. The second kappa shape index (κ2) is 35.1. The molecular weight excluding hydrogens is 709 g/mol. The van der Waals surface area contributed by atoms with Crippen LogP contribution >= 0.6 is 11.4 Å². The van der Waals surface area contributed by atoms with Crippen molar-refractivity contribution in [2.45, 2.75) is 156 Å². The van der Waals surface area contributed by atoms with Crippen LogP contribution in [0.15, 0.2) is 0 Å². The molecule has 11 heteroatoms. The fourth-order valence-corrected chi connectivity index (χ4v) is 6.95. The van der Waals surface area contributed by atoms with Crippen LogP contribution < -0.4 is 0 Å². The van der Waals surface area contributed by atoms with Gasteiger partial charge >= 0.3 is 23.9 Å². The van der Waals surface area contributed by atoms with Gasteiger partial charge in [0.25, 0.3) is 0 Å². The molecule has 0 aliphatic heterocycles. The van der Waals surface area contributed by atoms with Gasteiger partial charge in [-0.15, -0.1) is 0 Å². The summed E-state index contributed by atoms with van der Waals surface area (Å²) in [5.74, 6) is 0. The van der Waals surface area contributed by atoms with E-state index >= 15 is 0 Å². The molecule has 0 bridgehead atoms. The third-order valence-corrected chi connectivity index (χ3v) is 10.5. The van der Waals surface area contributed by atoms with E-state index in [1.54, 1.807) is 0 Å². The van der Waals surface area contributed by atoms with Crippen LogP contribution in [0.25, 0.3) is 0 Å². The third kappa shape index (κ3) is 40.6. The van der Waals surface area contributed by atoms with Gasteiger partial charge in [0.2, 0.25) is 0 Å². The molecule has 0 aliphatic carbocycles. The van der Waals surface area contributed by atoms with Gasteiger partial charge in [0.15, 0.2) is 0 Å². The monoisotopic (exact) mass is 770 g/mol. The van der Waals surface area contributed by atoms with Gasteiger partial charge in [0.1, 0.15) is 0 Å². The first kappa shape index (κ1) is 46.1. The normalized spacial score (nSPS) is 11.6. The Morgan fingerprint density at radius 3 is 0.744 bits per heavy atom. The topological polar surface area (TPSA) is 36.9 Å². The second-order valence-electron chi connectivity index (χ2n) is 9.88. The Labute approximate surface area is 282 Å². The fraction of sp³-hybridized carbons (Fsp3) is 1.00. The zero-order valence-corrected chi connectivity index (χ0v) is 33.5. The largest absolute Gasteiger partial charge is 2.00 e. The van der Waals surface area contributed by atoms with Crippen molar-refractivity contribution in [3.63, 3.8) is 0 Å². The van der Waals surface area contributed by atoms with E-state index in [0.717, 1.165) is 25.7 Å². The smallest absolute Gasteiger partial charge is 0.691 e. The summed E-state index contributed by atoms with van der Waals surface area (Å²) in [4.78, 5) is 0. The van der Waals surface area contributed by atoms with Crippen molar-refractivity contribution < 1.29 is 18.1 Å². The molecule has 0 unspecified atom stereocenters. The first-order valence-electron chi connectivity index (χ1n) is 15.4. The Balaban J connectivity index is -0.000000648. The third-order valence-electron chi connectivity index (χ3n) is 5.99. The second-order valence-corrected chi connectivity index (χ2v) is 19.9. The van der Waals surface area contributed by atoms with Crippen molar-refractivity contribution in [1.29, 1.82) is 0 Å². The molecule has 0 N–H and O–H groups in total. The average Bonchev–Trinajstić information content (AvgIpc) is 2.88.